The summed E-state index contributed by atoms with van der Waals surface area (Å²) in [6, 6.07) is 16.3. The molecule has 0 aliphatic heterocycles. The molecule has 3 aromatic rings. The maximum Gasteiger partial charge on any atom is 0.260 e. The average molecular weight is 393 g/mol. The van der Waals surface area contributed by atoms with Crippen molar-refractivity contribution in [2.45, 2.75) is 32.2 Å². The number of ether oxygens (including phenoxy) is 1. The summed E-state index contributed by atoms with van der Waals surface area (Å²) in [6.45, 7) is 2.04. The van der Waals surface area contributed by atoms with Gasteiger partial charge in [0, 0.05) is 23.7 Å². The number of nitrogens with zero attached hydrogens (tertiary/aromatic N) is 2. The van der Waals surface area contributed by atoms with Crippen molar-refractivity contribution in [1.29, 1.82) is 0 Å². The van der Waals surface area contributed by atoms with Gasteiger partial charge in [-0.2, -0.15) is 0 Å². The van der Waals surface area contributed by atoms with Crippen LogP contribution < -0.4 is 4.74 Å². The molecule has 28 heavy (non-hydrogen) atoms. The van der Waals surface area contributed by atoms with E-state index in [1.807, 2.05) is 48.5 Å². The molecule has 1 aliphatic rings. The van der Waals surface area contributed by atoms with Crippen molar-refractivity contribution >= 4 is 17.2 Å². The molecule has 1 atom stereocenters. The predicted octanol–water partition coefficient (Wildman–Crippen LogP) is 5.03. The summed E-state index contributed by atoms with van der Waals surface area (Å²) < 4.78 is 5.76. The molecule has 144 valence electrons. The Bertz CT molecular complexity index is 965. The molecule has 1 aromatic heterocycles. The van der Waals surface area contributed by atoms with Gasteiger partial charge in [0.2, 0.25) is 0 Å². The Balaban J connectivity index is 1.38. The smallest absolute Gasteiger partial charge is 0.260 e. The number of carbonyl (C=O) groups is 1. The van der Waals surface area contributed by atoms with Crippen molar-refractivity contribution in [3.63, 3.8) is 0 Å². The molecule has 0 saturated carbocycles. The highest BCUT2D eigenvalue weighted by Gasteiger charge is 2.26. The molecule has 0 fully saturated rings. The quantitative estimate of drug-likeness (QED) is 0.611. The molecule has 4 rings (SSSR count). The van der Waals surface area contributed by atoms with Gasteiger partial charge < -0.3 is 9.64 Å². The van der Waals surface area contributed by atoms with Gasteiger partial charge in [0.25, 0.3) is 5.91 Å². The minimum absolute atomic E-state index is 0.00123. The fraction of sp³-hybridized carbons (Fsp3) is 0.304. The van der Waals surface area contributed by atoms with Gasteiger partial charge in [0.15, 0.2) is 6.61 Å². The maximum absolute atomic E-state index is 12.7. The van der Waals surface area contributed by atoms with Crippen LogP contribution in [0.25, 0.3) is 10.6 Å². The number of thiazole rings is 1. The number of aromatic nitrogens is 1. The number of benzene rings is 2. The summed E-state index contributed by atoms with van der Waals surface area (Å²) in [7, 11) is 1.88. The molecule has 0 saturated heterocycles. The zero-order chi connectivity index (χ0) is 19.5. The van der Waals surface area contributed by atoms with Gasteiger partial charge in [-0.3, -0.25) is 4.79 Å². The lowest BCUT2D eigenvalue weighted by Gasteiger charge is -2.33. The number of amides is 1. The van der Waals surface area contributed by atoms with Crippen LogP contribution in [0.3, 0.4) is 0 Å². The van der Waals surface area contributed by atoms with Gasteiger partial charge in [0.1, 0.15) is 10.8 Å². The molecule has 0 unspecified atom stereocenters. The highest BCUT2D eigenvalue weighted by molar-refractivity contribution is 7.13. The normalized spacial score (nSPS) is 15.7. The van der Waals surface area contributed by atoms with Gasteiger partial charge in [-0.05, 0) is 61.6 Å². The van der Waals surface area contributed by atoms with Crippen molar-refractivity contribution in [3.8, 4) is 16.3 Å². The molecule has 0 spiro atoms. The fourth-order valence-electron chi connectivity index (χ4n) is 3.73. The predicted molar refractivity (Wildman–Crippen MR) is 113 cm³/mol. The van der Waals surface area contributed by atoms with E-state index >= 15 is 0 Å². The minimum Gasteiger partial charge on any atom is -0.484 e. The van der Waals surface area contributed by atoms with Crippen molar-refractivity contribution in [2.24, 2.45) is 0 Å². The number of hydrogen-bond acceptors (Lipinski definition) is 4. The van der Waals surface area contributed by atoms with E-state index in [1.165, 1.54) is 11.1 Å². The number of aryl methyl sites for hydroxylation is 2. The van der Waals surface area contributed by atoms with Crippen LogP contribution in [0.15, 0.2) is 53.9 Å². The minimum atomic E-state index is 0.00123. The third-order valence-corrected chi connectivity index (χ3v) is 6.29. The summed E-state index contributed by atoms with van der Waals surface area (Å²) in [5.74, 6) is 0.698. The molecule has 4 nitrogen and oxygen atoms in total. The molecule has 0 bridgehead atoms. The van der Waals surface area contributed by atoms with E-state index in [1.54, 1.807) is 11.3 Å². The van der Waals surface area contributed by atoms with E-state index < -0.39 is 0 Å². The summed E-state index contributed by atoms with van der Waals surface area (Å²) in [6.07, 6.45) is 3.20. The molecular weight excluding hydrogens is 368 g/mol. The number of likely N-dealkylation sites (N-methyl/N-ethyl adjacent to an activating group) is 1. The molecule has 1 heterocycles. The lowest BCUT2D eigenvalue weighted by Crippen LogP contribution is -2.36. The zero-order valence-electron chi connectivity index (χ0n) is 16.2. The number of fused-ring (bicyclic) bond motifs is 1. The third kappa shape index (κ3) is 3.94. The van der Waals surface area contributed by atoms with Crippen LogP contribution in [0, 0.1) is 6.92 Å². The highest BCUT2D eigenvalue weighted by atomic mass is 32.1. The Morgan fingerprint density at radius 2 is 2.00 bits per heavy atom. The SMILES string of the molecule is Cc1csc(-c2ccc(OCC(=O)N(C)[C@@H]3CCCc4ccccc43)cc2)n1. The summed E-state index contributed by atoms with van der Waals surface area (Å²) in [4.78, 5) is 19.0. The van der Waals surface area contributed by atoms with E-state index in [2.05, 4.69) is 29.2 Å². The van der Waals surface area contributed by atoms with Crippen LogP contribution in [-0.4, -0.2) is 29.4 Å². The van der Waals surface area contributed by atoms with E-state index in [0.717, 1.165) is 35.5 Å². The highest BCUT2D eigenvalue weighted by Crippen LogP contribution is 2.33. The third-order valence-electron chi connectivity index (χ3n) is 5.28. The second-order valence-corrected chi connectivity index (χ2v) is 8.08. The Morgan fingerprint density at radius 3 is 2.75 bits per heavy atom. The van der Waals surface area contributed by atoms with E-state index in [4.69, 9.17) is 4.74 Å². The van der Waals surface area contributed by atoms with Gasteiger partial charge in [0.05, 0.1) is 6.04 Å². The number of rotatable bonds is 5. The van der Waals surface area contributed by atoms with Crippen LogP contribution in [0.2, 0.25) is 0 Å². The Kier molecular flexibility index (Phi) is 5.44. The molecule has 0 radical (unpaired) electrons. The van der Waals surface area contributed by atoms with E-state index in [9.17, 15) is 4.79 Å². The standard InChI is InChI=1S/C23H24N2O2S/c1-16-15-28-23(24-16)18-10-12-19(13-11-18)27-14-22(26)25(2)21-9-5-7-17-6-3-4-8-20(17)21/h3-4,6,8,10-13,15,21H,5,7,9,14H2,1-2H3/t21-/m1/s1. The first-order valence-electron chi connectivity index (χ1n) is 9.60. The monoisotopic (exact) mass is 392 g/mol. The van der Waals surface area contributed by atoms with Crippen molar-refractivity contribution < 1.29 is 9.53 Å². The lowest BCUT2D eigenvalue weighted by atomic mass is 9.87. The van der Waals surface area contributed by atoms with Crippen molar-refractivity contribution in [2.75, 3.05) is 13.7 Å². The first-order chi connectivity index (χ1) is 13.6. The van der Waals surface area contributed by atoms with Gasteiger partial charge in [-0.15, -0.1) is 11.3 Å². The van der Waals surface area contributed by atoms with Crippen molar-refractivity contribution in [3.05, 3.63) is 70.7 Å². The Hall–Kier alpha value is -2.66. The molecule has 5 heteroatoms. The topological polar surface area (TPSA) is 42.4 Å². The van der Waals surface area contributed by atoms with Gasteiger partial charge in [-0.1, -0.05) is 24.3 Å². The fourth-order valence-corrected chi connectivity index (χ4v) is 4.54. The average Bonchev–Trinajstić information content (AvgIpc) is 3.17. The first-order valence-corrected chi connectivity index (χ1v) is 10.5. The van der Waals surface area contributed by atoms with Crippen molar-refractivity contribution in [1.82, 2.24) is 9.88 Å². The molecule has 2 aromatic carbocycles. The first kappa shape index (κ1) is 18.7. The summed E-state index contributed by atoms with van der Waals surface area (Å²) in [5.41, 5.74) is 4.71. The molecule has 1 amide bonds. The maximum atomic E-state index is 12.7. The van der Waals surface area contributed by atoms with Crippen LogP contribution in [0.5, 0.6) is 5.75 Å². The lowest BCUT2D eigenvalue weighted by molar-refractivity contribution is -0.134. The van der Waals surface area contributed by atoms with E-state index in [-0.39, 0.29) is 18.6 Å². The number of carbonyl (C=O) groups excluding carboxylic acids is 1. The van der Waals surface area contributed by atoms with Crippen LogP contribution in [-0.2, 0) is 11.2 Å². The van der Waals surface area contributed by atoms with Gasteiger partial charge >= 0.3 is 0 Å². The molecular formula is C23H24N2O2S. The van der Waals surface area contributed by atoms with Gasteiger partial charge in [-0.25, -0.2) is 4.98 Å². The molecule has 1 aliphatic carbocycles. The van der Waals surface area contributed by atoms with Crippen LogP contribution in [0.4, 0.5) is 0 Å². The Morgan fingerprint density at radius 1 is 1.21 bits per heavy atom. The summed E-state index contributed by atoms with van der Waals surface area (Å²) >= 11 is 1.63. The molecule has 0 N–H and O–H groups in total. The number of hydrogen-bond donors (Lipinski definition) is 0. The van der Waals surface area contributed by atoms with Crippen LogP contribution in [0.1, 0.15) is 35.7 Å². The van der Waals surface area contributed by atoms with Crippen LogP contribution >= 0.6 is 11.3 Å². The second kappa shape index (κ2) is 8.15. The second-order valence-electron chi connectivity index (χ2n) is 7.22. The summed E-state index contributed by atoms with van der Waals surface area (Å²) in [5, 5.41) is 3.04. The van der Waals surface area contributed by atoms with E-state index in [0.29, 0.717) is 5.75 Å². The zero-order valence-corrected chi connectivity index (χ0v) is 17.0. The largest absolute Gasteiger partial charge is 0.484 e. The Labute approximate surface area is 169 Å².